The SMILES string of the molecule is COc1ccc(OCCCC(=O)Nc2cc(OC)c(OC)cc2N)cc1. The number of nitrogen functional groups attached to an aromatic ring is 1. The van der Waals surface area contributed by atoms with Crippen LogP contribution in [0.2, 0.25) is 0 Å². The molecule has 26 heavy (non-hydrogen) atoms. The molecule has 0 fully saturated rings. The average Bonchev–Trinajstić information content (AvgIpc) is 2.67. The second kappa shape index (κ2) is 9.41. The topological polar surface area (TPSA) is 92.0 Å². The van der Waals surface area contributed by atoms with Gasteiger partial charge in [0, 0.05) is 18.6 Å². The first-order valence-electron chi connectivity index (χ1n) is 8.15. The van der Waals surface area contributed by atoms with Crippen LogP contribution >= 0.6 is 0 Å². The summed E-state index contributed by atoms with van der Waals surface area (Å²) in [6.07, 6.45) is 0.884. The fraction of sp³-hybridized carbons (Fsp3) is 0.316. The monoisotopic (exact) mass is 360 g/mol. The lowest BCUT2D eigenvalue weighted by atomic mass is 10.2. The molecule has 0 saturated heterocycles. The number of hydrogen-bond donors (Lipinski definition) is 2. The highest BCUT2D eigenvalue weighted by Crippen LogP contribution is 2.34. The zero-order valence-electron chi connectivity index (χ0n) is 15.2. The van der Waals surface area contributed by atoms with Crippen molar-refractivity contribution in [1.29, 1.82) is 0 Å². The van der Waals surface area contributed by atoms with Crippen molar-refractivity contribution in [2.45, 2.75) is 12.8 Å². The highest BCUT2D eigenvalue weighted by Gasteiger charge is 2.11. The van der Waals surface area contributed by atoms with Crippen LogP contribution in [0.25, 0.3) is 0 Å². The van der Waals surface area contributed by atoms with E-state index < -0.39 is 0 Å². The van der Waals surface area contributed by atoms with Crippen molar-refractivity contribution in [3.8, 4) is 23.0 Å². The van der Waals surface area contributed by atoms with E-state index in [2.05, 4.69) is 5.32 Å². The van der Waals surface area contributed by atoms with E-state index in [0.29, 0.717) is 42.3 Å². The third kappa shape index (κ3) is 5.20. The van der Waals surface area contributed by atoms with E-state index in [1.54, 1.807) is 19.2 Å². The van der Waals surface area contributed by atoms with Crippen molar-refractivity contribution in [2.75, 3.05) is 39.0 Å². The van der Waals surface area contributed by atoms with Crippen LogP contribution in [0.5, 0.6) is 23.0 Å². The molecular weight excluding hydrogens is 336 g/mol. The van der Waals surface area contributed by atoms with Gasteiger partial charge in [-0.05, 0) is 30.7 Å². The Bertz CT molecular complexity index is 731. The molecule has 0 aliphatic carbocycles. The van der Waals surface area contributed by atoms with Crippen LogP contribution in [0.3, 0.4) is 0 Å². The lowest BCUT2D eigenvalue weighted by molar-refractivity contribution is -0.116. The Morgan fingerprint density at radius 3 is 2.19 bits per heavy atom. The Labute approximate surface area is 153 Å². The summed E-state index contributed by atoms with van der Waals surface area (Å²) in [4.78, 5) is 12.1. The molecule has 0 unspecified atom stereocenters. The number of nitrogens with two attached hydrogens (primary N) is 1. The first-order chi connectivity index (χ1) is 12.6. The van der Waals surface area contributed by atoms with E-state index in [0.717, 1.165) is 11.5 Å². The number of rotatable bonds is 9. The Hall–Kier alpha value is -3.09. The highest BCUT2D eigenvalue weighted by atomic mass is 16.5. The Morgan fingerprint density at radius 1 is 0.962 bits per heavy atom. The fourth-order valence-electron chi connectivity index (χ4n) is 2.31. The minimum absolute atomic E-state index is 0.151. The fourth-order valence-corrected chi connectivity index (χ4v) is 2.31. The minimum atomic E-state index is -0.151. The summed E-state index contributed by atoms with van der Waals surface area (Å²) in [6.45, 7) is 0.432. The van der Waals surface area contributed by atoms with E-state index >= 15 is 0 Å². The number of carbonyl (C=O) groups is 1. The van der Waals surface area contributed by atoms with E-state index in [1.807, 2.05) is 24.3 Å². The van der Waals surface area contributed by atoms with Crippen LogP contribution in [0, 0.1) is 0 Å². The molecule has 0 bridgehead atoms. The predicted octanol–water partition coefficient (Wildman–Crippen LogP) is 3.09. The molecular formula is C19H24N2O5. The molecule has 7 heteroatoms. The second-order valence-corrected chi connectivity index (χ2v) is 5.47. The van der Waals surface area contributed by atoms with Crippen LogP contribution in [0.15, 0.2) is 36.4 Å². The summed E-state index contributed by atoms with van der Waals surface area (Å²) >= 11 is 0. The summed E-state index contributed by atoms with van der Waals surface area (Å²) in [7, 11) is 4.66. The van der Waals surface area contributed by atoms with Gasteiger partial charge in [-0.3, -0.25) is 4.79 Å². The lowest BCUT2D eigenvalue weighted by Gasteiger charge is -2.13. The van der Waals surface area contributed by atoms with Gasteiger partial charge in [0.25, 0.3) is 0 Å². The number of methoxy groups -OCH3 is 3. The van der Waals surface area contributed by atoms with Crippen molar-refractivity contribution in [3.05, 3.63) is 36.4 Å². The number of hydrogen-bond acceptors (Lipinski definition) is 6. The van der Waals surface area contributed by atoms with Gasteiger partial charge in [0.1, 0.15) is 11.5 Å². The molecule has 0 spiro atoms. The molecule has 3 N–H and O–H groups in total. The molecule has 0 heterocycles. The normalized spacial score (nSPS) is 10.1. The molecule has 0 aliphatic rings. The van der Waals surface area contributed by atoms with Crippen LogP contribution in [-0.2, 0) is 4.79 Å². The van der Waals surface area contributed by atoms with Crippen molar-refractivity contribution < 1.29 is 23.7 Å². The van der Waals surface area contributed by atoms with Crippen LogP contribution in [-0.4, -0.2) is 33.8 Å². The standard InChI is InChI=1S/C19H24N2O5/c1-23-13-6-8-14(9-7-13)26-10-4-5-19(22)21-16-12-18(25-3)17(24-2)11-15(16)20/h6-9,11-12H,4-5,10,20H2,1-3H3,(H,21,22). The molecule has 0 aliphatic heterocycles. The molecule has 0 radical (unpaired) electrons. The van der Waals surface area contributed by atoms with E-state index in [9.17, 15) is 4.79 Å². The zero-order chi connectivity index (χ0) is 18.9. The number of amides is 1. The largest absolute Gasteiger partial charge is 0.497 e. The summed E-state index contributed by atoms with van der Waals surface area (Å²) in [5.41, 5.74) is 6.84. The van der Waals surface area contributed by atoms with Gasteiger partial charge in [-0.1, -0.05) is 0 Å². The van der Waals surface area contributed by atoms with Gasteiger partial charge in [-0.15, -0.1) is 0 Å². The van der Waals surface area contributed by atoms with Gasteiger partial charge in [-0.25, -0.2) is 0 Å². The first kappa shape index (κ1) is 19.2. The smallest absolute Gasteiger partial charge is 0.224 e. The summed E-state index contributed by atoms with van der Waals surface area (Å²) in [6, 6.07) is 10.5. The number of ether oxygens (including phenoxy) is 4. The molecule has 140 valence electrons. The quantitative estimate of drug-likeness (QED) is 0.527. The Kier molecular flexibility index (Phi) is 6.96. The number of benzene rings is 2. The maximum Gasteiger partial charge on any atom is 0.224 e. The molecule has 2 aromatic carbocycles. The summed E-state index contributed by atoms with van der Waals surface area (Å²) in [5, 5.41) is 2.78. The van der Waals surface area contributed by atoms with E-state index in [4.69, 9.17) is 24.7 Å². The molecule has 7 nitrogen and oxygen atoms in total. The van der Waals surface area contributed by atoms with E-state index in [1.165, 1.54) is 14.2 Å². The Balaban J connectivity index is 1.81. The lowest BCUT2D eigenvalue weighted by Crippen LogP contribution is -2.14. The molecule has 0 aromatic heterocycles. The van der Waals surface area contributed by atoms with Gasteiger partial charge in [0.15, 0.2) is 11.5 Å². The number of nitrogens with one attached hydrogen (secondary N) is 1. The van der Waals surface area contributed by atoms with Gasteiger partial charge in [0.2, 0.25) is 5.91 Å². The molecule has 0 saturated carbocycles. The number of anilines is 2. The average molecular weight is 360 g/mol. The minimum Gasteiger partial charge on any atom is -0.497 e. The number of carbonyl (C=O) groups excluding carboxylic acids is 1. The third-order valence-electron chi connectivity index (χ3n) is 3.71. The van der Waals surface area contributed by atoms with Crippen molar-refractivity contribution in [3.63, 3.8) is 0 Å². The molecule has 0 atom stereocenters. The highest BCUT2D eigenvalue weighted by molar-refractivity contribution is 5.94. The maximum atomic E-state index is 12.1. The maximum absolute atomic E-state index is 12.1. The van der Waals surface area contributed by atoms with Gasteiger partial charge in [0.05, 0.1) is 39.3 Å². The molecule has 2 aromatic rings. The molecule has 1 amide bonds. The van der Waals surface area contributed by atoms with E-state index in [-0.39, 0.29) is 5.91 Å². The van der Waals surface area contributed by atoms with Crippen LogP contribution < -0.4 is 30.0 Å². The second-order valence-electron chi connectivity index (χ2n) is 5.47. The van der Waals surface area contributed by atoms with Crippen molar-refractivity contribution in [1.82, 2.24) is 0 Å². The van der Waals surface area contributed by atoms with Gasteiger partial charge >= 0.3 is 0 Å². The molecule has 2 rings (SSSR count). The summed E-state index contributed by atoms with van der Waals surface area (Å²) in [5.74, 6) is 2.36. The first-order valence-corrected chi connectivity index (χ1v) is 8.15. The zero-order valence-corrected chi connectivity index (χ0v) is 15.2. The van der Waals surface area contributed by atoms with Gasteiger partial charge < -0.3 is 30.0 Å². The van der Waals surface area contributed by atoms with Crippen molar-refractivity contribution in [2.24, 2.45) is 0 Å². The predicted molar refractivity (Wildman–Crippen MR) is 100 cm³/mol. The third-order valence-corrected chi connectivity index (χ3v) is 3.71. The van der Waals surface area contributed by atoms with Gasteiger partial charge in [-0.2, -0.15) is 0 Å². The van der Waals surface area contributed by atoms with Crippen LogP contribution in [0.4, 0.5) is 11.4 Å². The van der Waals surface area contributed by atoms with Crippen molar-refractivity contribution >= 4 is 17.3 Å². The van der Waals surface area contributed by atoms with Crippen LogP contribution in [0.1, 0.15) is 12.8 Å². The Morgan fingerprint density at radius 2 is 1.58 bits per heavy atom. The summed E-state index contributed by atoms with van der Waals surface area (Å²) < 4.78 is 21.1.